The number of phenolic OH excluding ortho intramolecular Hbond substituents is 2. The lowest BCUT2D eigenvalue weighted by atomic mass is 9.99. The maximum atomic E-state index is 13.3. The van der Waals surface area contributed by atoms with Crippen molar-refractivity contribution in [3.63, 3.8) is 0 Å². The lowest BCUT2D eigenvalue weighted by Crippen LogP contribution is -2.61. The molecule has 2 aromatic carbocycles. The third-order valence-electron chi connectivity index (χ3n) is 7.13. The van der Waals surface area contributed by atoms with E-state index in [1.165, 1.54) is 37.4 Å². The average Bonchev–Trinajstić information content (AvgIpc) is 2.97. The highest BCUT2D eigenvalue weighted by atomic mass is 16.7. The van der Waals surface area contributed by atoms with E-state index in [1.807, 2.05) is 0 Å². The summed E-state index contributed by atoms with van der Waals surface area (Å²) in [5, 5.41) is 81.2. The van der Waals surface area contributed by atoms with Crippen LogP contribution in [0.4, 0.5) is 0 Å². The van der Waals surface area contributed by atoms with Crippen molar-refractivity contribution < 1.29 is 69.0 Å². The Balaban J connectivity index is 1.39. The molecule has 3 heterocycles. The monoisotopic (exact) mass is 594 g/mol. The highest BCUT2D eigenvalue weighted by Gasteiger charge is 2.47. The molecule has 0 amide bonds. The second-order valence-corrected chi connectivity index (χ2v) is 9.87. The van der Waals surface area contributed by atoms with Gasteiger partial charge in [0, 0.05) is 6.07 Å². The number of aromatic hydroxyl groups is 2. The van der Waals surface area contributed by atoms with Gasteiger partial charge in [0.15, 0.2) is 17.8 Å². The van der Waals surface area contributed by atoms with Crippen LogP contribution in [0.25, 0.3) is 22.1 Å². The molecule has 2 saturated heterocycles. The third-order valence-corrected chi connectivity index (χ3v) is 7.13. The van der Waals surface area contributed by atoms with Crippen molar-refractivity contribution in [2.45, 2.75) is 55.3 Å². The molecule has 0 saturated carbocycles. The fraction of sp³-hybridized carbons (Fsp3) is 0.444. The fourth-order valence-corrected chi connectivity index (χ4v) is 4.74. The summed E-state index contributed by atoms with van der Waals surface area (Å²) in [6, 6.07) is 6.95. The molecule has 15 heteroatoms. The Bertz CT molecular complexity index is 1460. The van der Waals surface area contributed by atoms with Crippen LogP contribution in [0.5, 0.6) is 23.0 Å². The molecule has 2 fully saturated rings. The molecule has 0 aliphatic carbocycles. The van der Waals surface area contributed by atoms with E-state index in [0.29, 0.717) is 5.56 Å². The maximum absolute atomic E-state index is 13.3. The van der Waals surface area contributed by atoms with Crippen LogP contribution in [0.2, 0.25) is 0 Å². The molecule has 1 aromatic heterocycles. The fourth-order valence-electron chi connectivity index (χ4n) is 4.74. The summed E-state index contributed by atoms with van der Waals surface area (Å²) in [5.74, 6) is -1.23. The molecule has 2 aliphatic rings. The van der Waals surface area contributed by atoms with E-state index in [1.54, 1.807) is 0 Å². The summed E-state index contributed by atoms with van der Waals surface area (Å²) in [4.78, 5) is 13.3. The molecule has 0 bridgehead atoms. The summed E-state index contributed by atoms with van der Waals surface area (Å²) in [6.45, 7) is -0.841. The topological polar surface area (TPSA) is 238 Å². The SMILES string of the molecule is COc1c(O[C@H]2O[C@@H](CO[C@H]3OC[C@H](O)[C@@H](O)[C@@H]3O)[C@H](O)[C@@H](O)[C@@H]2O)cc2occ(-c3ccc(O)cc3)c(=O)c2c1O. The maximum Gasteiger partial charge on any atom is 0.229 e. The van der Waals surface area contributed by atoms with Gasteiger partial charge in [0.1, 0.15) is 65.7 Å². The Morgan fingerprint density at radius 1 is 0.905 bits per heavy atom. The number of hydrogen-bond acceptors (Lipinski definition) is 15. The number of hydrogen-bond donors (Lipinski definition) is 8. The van der Waals surface area contributed by atoms with Gasteiger partial charge in [-0.3, -0.25) is 4.79 Å². The number of benzene rings is 2. The van der Waals surface area contributed by atoms with Crippen molar-refractivity contribution in [1.29, 1.82) is 0 Å². The Labute approximate surface area is 236 Å². The van der Waals surface area contributed by atoms with Gasteiger partial charge in [0.25, 0.3) is 0 Å². The Morgan fingerprint density at radius 2 is 1.60 bits per heavy atom. The van der Waals surface area contributed by atoms with Crippen LogP contribution >= 0.6 is 0 Å². The van der Waals surface area contributed by atoms with Crippen LogP contribution in [-0.2, 0) is 14.2 Å². The molecule has 2 aliphatic heterocycles. The number of fused-ring (bicyclic) bond motifs is 1. The van der Waals surface area contributed by atoms with Crippen molar-refractivity contribution in [3.8, 4) is 34.1 Å². The number of aliphatic hydroxyl groups excluding tert-OH is 6. The smallest absolute Gasteiger partial charge is 0.229 e. The van der Waals surface area contributed by atoms with E-state index >= 15 is 0 Å². The van der Waals surface area contributed by atoms with Gasteiger partial charge in [-0.2, -0.15) is 0 Å². The zero-order chi connectivity index (χ0) is 30.3. The first-order valence-corrected chi connectivity index (χ1v) is 12.8. The molecule has 8 N–H and O–H groups in total. The minimum absolute atomic E-state index is 0.00709. The first-order valence-electron chi connectivity index (χ1n) is 12.8. The van der Waals surface area contributed by atoms with Gasteiger partial charge in [0.2, 0.25) is 17.5 Å². The van der Waals surface area contributed by atoms with Crippen LogP contribution in [0.3, 0.4) is 0 Å². The quantitative estimate of drug-likeness (QED) is 0.156. The summed E-state index contributed by atoms with van der Waals surface area (Å²) in [6.07, 6.45) is -13.0. The van der Waals surface area contributed by atoms with Gasteiger partial charge in [0.05, 0.1) is 25.9 Å². The van der Waals surface area contributed by atoms with E-state index in [9.17, 15) is 45.6 Å². The predicted molar refractivity (Wildman–Crippen MR) is 139 cm³/mol. The van der Waals surface area contributed by atoms with Crippen LogP contribution < -0.4 is 14.9 Å². The minimum Gasteiger partial charge on any atom is -0.508 e. The molecule has 0 unspecified atom stereocenters. The average molecular weight is 595 g/mol. The summed E-state index contributed by atoms with van der Waals surface area (Å²) in [7, 11) is 1.19. The molecule has 0 radical (unpaired) electrons. The van der Waals surface area contributed by atoms with Gasteiger partial charge < -0.3 is 69.0 Å². The second kappa shape index (κ2) is 12.0. The largest absolute Gasteiger partial charge is 0.508 e. The van der Waals surface area contributed by atoms with Crippen LogP contribution in [0.15, 0.2) is 45.8 Å². The first-order chi connectivity index (χ1) is 20.0. The summed E-state index contributed by atoms with van der Waals surface area (Å²) >= 11 is 0. The third kappa shape index (κ3) is 5.49. The Kier molecular flexibility index (Phi) is 8.56. The van der Waals surface area contributed by atoms with Gasteiger partial charge in [-0.05, 0) is 17.7 Å². The molecule has 42 heavy (non-hydrogen) atoms. The van der Waals surface area contributed by atoms with E-state index < -0.39 is 73.1 Å². The van der Waals surface area contributed by atoms with Crippen LogP contribution in [0, 0.1) is 0 Å². The van der Waals surface area contributed by atoms with Crippen LogP contribution in [-0.4, -0.2) is 116 Å². The van der Waals surface area contributed by atoms with E-state index in [2.05, 4.69) is 0 Å². The Morgan fingerprint density at radius 3 is 2.29 bits per heavy atom. The highest BCUT2D eigenvalue weighted by Crippen LogP contribution is 2.43. The van der Waals surface area contributed by atoms with Gasteiger partial charge >= 0.3 is 0 Å². The van der Waals surface area contributed by atoms with E-state index in [0.717, 1.165) is 6.26 Å². The zero-order valence-corrected chi connectivity index (χ0v) is 22.0. The zero-order valence-electron chi connectivity index (χ0n) is 22.0. The van der Waals surface area contributed by atoms with Crippen molar-refractivity contribution in [2.75, 3.05) is 20.3 Å². The molecule has 228 valence electrons. The number of methoxy groups -OCH3 is 1. The van der Waals surface area contributed by atoms with Gasteiger partial charge in [-0.1, -0.05) is 12.1 Å². The molecule has 15 nitrogen and oxygen atoms in total. The summed E-state index contributed by atoms with van der Waals surface area (Å²) in [5.41, 5.74) is -0.225. The van der Waals surface area contributed by atoms with E-state index in [-0.39, 0.29) is 40.4 Å². The molecule has 0 spiro atoms. The second-order valence-electron chi connectivity index (χ2n) is 9.87. The molecule has 3 aromatic rings. The van der Waals surface area contributed by atoms with Crippen molar-refractivity contribution in [3.05, 3.63) is 46.8 Å². The number of ether oxygens (including phenoxy) is 5. The van der Waals surface area contributed by atoms with Crippen molar-refractivity contribution >= 4 is 11.0 Å². The predicted octanol–water partition coefficient (Wildman–Crippen LogP) is -1.48. The first kappa shape index (κ1) is 30.0. The number of aliphatic hydroxyl groups is 6. The van der Waals surface area contributed by atoms with Gasteiger partial charge in [-0.25, -0.2) is 0 Å². The van der Waals surface area contributed by atoms with Gasteiger partial charge in [-0.15, -0.1) is 0 Å². The molecular formula is C27H30O15. The molecule has 5 rings (SSSR count). The standard InChI is InChI=1S/C27H30O15/c1-37-25-15(6-14-17(21(25)33)18(30)12(7-38-14)10-2-4-11(28)5-3-10)41-27-24(36)22(34)20(32)16(42-27)9-40-26-23(35)19(31)13(29)8-39-26/h2-7,13,16,19-20,22-24,26-29,31-36H,8-9H2,1H3/t13-,16-,19+,20-,22+,23-,24-,26+,27-/m0/s1. The Hall–Kier alpha value is -3.51. The lowest BCUT2D eigenvalue weighted by Gasteiger charge is -2.41. The highest BCUT2D eigenvalue weighted by molar-refractivity contribution is 5.91. The normalized spacial score (nSPS) is 31.6. The van der Waals surface area contributed by atoms with E-state index in [4.69, 9.17) is 28.1 Å². The van der Waals surface area contributed by atoms with Crippen molar-refractivity contribution in [1.82, 2.24) is 0 Å². The van der Waals surface area contributed by atoms with Crippen LogP contribution in [0.1, 0.15) is 0 Å². The summed E-state index contributed by atoms with van der Waals surface area (Å²) < 4.78 is 32.7. The number of rotatable bonds is 7. The lowest BCUT2D eigenvalue weighted by molar-refractivity contribution is -0.307. The minimum atomic E-state index is -1.81. The molecular weight excluding hydrogens is 564 g/mol. The van der Waals surface area contributed by atoms with Crippen molar-refractivity contribution in [2.24, 2.45) is 0 Å². The molecule has 9 atom stereocenters. The number of phenols is 2.